The van der Waals surface area contributed by atoms with Gasteiger partial charge >= 0.3 is 5.97 Å². The lowest BCUT2D eigenvalue weighted by atomic mass is 10.0. The highest BCUT2D eigenvalue weighted by Gasteiger charge is 2.16. The standard InChI is InChI=1S/C15H15NO2S/c17-15(18)14-9-13(10-19-14)16-7-5-11-3-1-2-4-12(11)6-8-16/h1-4,9-10H,5-8H2,(H,17,18). The molecule has 0 saturated carbocycles. The van der Waals surface area contributed by atoms with Crippen LogP contribution < -0.4 is 4.90 Å². The number of aromatic carboxylic acids is 1. The second kappa shape index (κ2) is 5.05. The Balaban J connectivity index is 1.79. The van der Waals surface area contributed by atoms with E-state index >= 15 is 0 Å². The van der Waals surface area contributed by atoms with E-state index in [-0.39, 0.29) is 0 Å². The van der Waals surface area contributed by atoms with E-state index in [1.807, 2.05) is 5.38 Å². The summed E-state index contributed by atoms with van der Waals surface area (Å²) < 4.78 is 0. The minimum atomic E-state index is -0.839. The topological polar surface area (TPSA) is 40.5 Å². The summed E-state index contributed by atoms with van der Waals surface area (Å²) in [5.74, 6) is -0.839. The van der Waals surface area contributed by atoms with Gasteiger partial charge in [-0.3, -0.25) is 0 Å². The van der Waals surface area contributed by atoms with Crippen LogP contribution >= 0.6 is 11.3 Å². The van der Waals surface area contributed by atoms with Gasteiger partial charge in [0.05, 0.1) is 0 Å². The predicted molar refractivity (Wildman–Crippen MR) is 77.3 cm³/mol. The first-order valence-corrected chi connectivity index (χ1v) is 7.25. The quantitative estimate of drug-likeness (QED) is 0.914. The van der Waals surface area contributed by atoms with Crippen molar-refractivity contribution >= 4 is 23.0 Å². The molecule has 3 rings (SSSR count). The number of thiophene rings is 1. The Labute approximate surface area is 116 Å². The van der Waals surface area contributed by atoms with Gasteiger partial charge in [0.1, 0.15) is 4.88 Å². The lowest BCUT2D eigenvalue weighted by Crippen LogP contribution is -2.25. The van der Waals surface area contributed by atoms with Gasteiger partial charge in [0.15, 0.2) is 0 Å². The number of carboxylic acids is 1. The predicted octanol–water partition coefficient (Wildman–Crippen LogP) is 3.05. The second-order valence-electron chi connectivity index (χ2n) is 4.73. The molecule has 0 spiro atoms. The smallest absolute Gasteiger partial charge is 0.345 e. The molecule has 0 aliphatic carbocycles. The van der Waals surface area contributed by atoms with Crippen molar-refractivity contribution in [3.05, 3.63) is 51.7 Å². The minimum absolute atomic E-state index is 0.414. The Bertz CT molecular complexity index is 579. The Morgan fingerprint density at radius 1 is 1.16 bits per heavy atom. The van der Waals surface area contributed by atoms with Crippen molar-refractivity contribution in [3.8, 4) is 0 Å². The lowest BCUT2D eigenvalue weighted by Gasteiger charge is -2.20. The second-order valence-corrected chi connectivity index (χ2v) is 5.64. The van der Waals surface area contributed by atoms with E-state index in [1.54, 1.807) is 6.07 Å². The zero-order valence-corrected chi connectivity index (χ0v) is 11.3. The molecular weight excluding hydrogens is 258 g/mol. The summed E-state index contributed by atoms with van der Waals surface area (Å²) in [4.78, 5) is 13.6. The van der Waals surface area contributed by atoms with Crippen molar-refractivity contribution in [2.45, 2.75) is 12.8 Å². The van der Waals surface area contributed by atoms with Crippen LogP contribution in [-0.4, -0.2) is 24.2 Å². The Hall–Kier alpha value is -1.81. The molecule has 1 N–H and O–H groups in total. The third-order valence-electron chi connectivity index (χ3n) is 3.58. The summed E-state index contributed by atoms with van der Waals surface area (Å²) in [7, 11) is 0. The van der Waals surface area contributed by atoms with Crippen LogP contribution in [0.25, 0.3) is 0 Å². The number of carboxylic acid groups (broad SMARTS) is 1. The van der Waals surface area contributed by atoms with E-state index in [1.165, 1.54) is 22.5 Å². The van der Waals surface area contributed by atoms with Crippen LogP contribution in [0.4, 0.5) is 5.69 Å². The van der Waals surface area contributed by atoms with Crippen LogP contribution in [-0.2, 0) is 12.8 Å². The molecule has 19 heavy (non-hydrogen) atoms. The number of hydrogen-bond donors (Lipinski definition) is 1. The zero-order valence-electron chi connectivity index (χ0n) is 10.5. The molecule has 1 aromatic heterocycles. The first kappa shape index (κ1) is 12.2. The maximum Gasteiger partial charge on any atom is 0.345 e. The van der Waals surface area contributed by atoms with E-state index in [4.69, 9.17) is 5.11 Å². The first-order chi connectivity index (χ1) is 9.24. The molecule has 0 bridgehead atoms. The van der Waals surface area contributed by atoms with Crippen molar-refractivity contribution in [1.29, 1.82) is 0 Å². The van der Waals surface area contributed by atoms with Gasteiger partial charge in [-0.15, -0.1) is 11.3 Å². The molecular formula is C15H15NO2S. The van der Waals surface area contributed by atoms with Gasteiger partial charge < -0.3 is 10.0 Å². The van der Waals surface area contributed by atoms with E-state index in [2.05, 4.69) is 29.2 Å². The highest BCUT2D eigenvalue weighted by molar-refractivity contribution is 7.12. The van der Waals surface area contributed by atoms with Gasteiger partial charge in [-0.05, 0) is 30.0 Å². The molecule has 1 aliphatic rings. The van der Waals surface area contributed by atoms with Crippen molar-refractivity contribution in [2.24, 2.45) is 0 Å². The van der Waals surface area contributed by atoms with E-state index in [9.17, 15) is 4.79 Å². The van der Waals surface area contributed by atoms with Crippen molar-refractivity contribution in [3.63, 3.8) is 0 Å². The highest BCUT2D eigenvalue weighted by atomic mass is 32.1. The van der Waals surface area contributed by atoms with E-state index < -0.39 is 5.97 Å². The molecule has 3 nitrogen and oxygen atoms in total. The lowest BCUT2D eigenvalue weighted by molar-refractivity contribution is 0.0702. The van der Waals surface area contributed by atoms with Gasteiger partial charge in [-0.1, -0.05) is 24.3 Å². The number of carbonyl (C=O) groups is 1. The van der Waals surface area contributed by atoms with Crippen LogP contribution in [0.5, 0.6) is 0 Å². The van der Waals surface area contributed by atoms with Crippen LogP contribution in [0.15, 0.2) is 35.7 Å². The normalized spacial score (nSPS) is 14.8. The average molecular weight is 273 g/mol. The number of benzene rings is 1. The Morgan fingerprint density at radius 3 is 2.32 bits per heavy atom. The van der Waals surface area contributed by atoms with Crippen molar-refractivity contribution in [1.82, 2.24) is 0 Å². The van der Waals surface area contributed by atoms with Crippen LogP contribution in [0.1, 0.15) is 20.8 Å². The maximum absolute atomic E-state index is 10.9. The minimum Gasteiger partial charge on any atom is -0.477 e. The van der Waals surface area contributed by atoms with Crippen LogP contribution in [0, 0.1) is 0 Å². The third kappa shape index (κ3) is 2.49. The number of rotatable bonds is 2. The molecule has 1 aromatic carbocycles. The van der Waals surface area contributed by atoms with E-state index in [0.29, 0.717) is 4.88 Å². The summed E-state index contributed by atoms with van der Waals surface area (Å²) >= 11 is 1.30. The fourth-order valence-corrected chi connectivity index (χ4v) is 3.28. The molecule has 98 valence electrons. The van der Waals surface area contributed by atoms with Crippen molar-refractivity contribution in [2.75, 3.05) is 18.0 Å². The SMILES string of the molecule is O=C(O)c1cc(N2CCc3ccccc3CC2)cs1. The summed E-state index contributed by atoms with van der Waals surface area (Å²) in [5.41, 5.74) is 3.87. The molecule has 0 amide bonds. The molecule has 0 atom stereocenters. The molecule has 0 radical (unpaired) electrons. The van der Waals surface area contributed by atoms with Gasteiger partial charge in [-0.2, -0.15) is 0 Å². The highest BCUT2D eigenvalue weighted by Crippen LogP contribution is 2.26. The average Bonchev–Trinajstić information content (AvgIpc) is 2.80. The summed E-state index contributed by atoms with van der Waals surface area (Å²) in [6, 6.07) is 10.3. The van der Waals surface area contributed by atoms with Crippen LogP contribution in [0.2, 0.25) is 0 Å². The number of fused-ring (bicyclic) bond motifs is 1. The summed E-state index contributed by atoms with van der Waals surface area (Å²) in [6.07, 6.45) is 2.04. The Kier molecular flexibility index (Phi) is 3.25. The number of nitrogens with zero attached hydrogens (tertiary/aromatic N) is 1. The molecule has 2 heterocycles. The molecule has 0 saturated heterocycles. The van der Waals surface area contributed by atoms with Crippen LogP contribution in [0.3, 0.4) is 0 Å². The van der Waals surface area contributed by atoms with Gasteiger partial charge in [0.25, 0.3) is 0 Å². The fraction of sp³-hybridized carbons (Fsp3) is 0.267. The summed E-state index contributed by atoms with van der Waals surface area (Å²) in [5, 5.41) is 10.9. The molecule has 2 aromatic rings. The molecule has 1 aliphatic heterocycles. The Morgan fingerprint density at radius 2 is 1.79 bits per heavy atom. The largest absolute Gasteiger partial charge is 0.477 e. The van der Waals surface area contributed by atoms with Gasteiger partial charge in [0, 0.05) is 24.2 Å². The number of anilines is 1. The zero-order chi connectivity index (χ0) is 13.2. The first-order valence-electron chi connectivity index (χ1n) is 6.37. The van der Waals surface area contributed by atoms with E-state index in [0.717, 1.165) is 31.6 Å². The molecule has 0 unspecified atom stereocenters. The van der Waals surface area contributed by atoms with Gasteiger partial charge in [-0.25, -0.2) is 4.79 Å². The maximum atomic E-state index is 10.9. The molecule has 0 fully saturated rings. The summed E-state index contributed by atoms with van der Waals surface area (Å²) in [6.45, 7) is 1.90. The van der Waals surface area contributed by atoms with Crippen molar-refractivity contribution < 1.29 is 9.90 Å². The third-order valence-corrected chi connectivity index (χ3v) is 4.49. The number of hydrogen-bond acceptors (Lipinski definition) is 3. The monoisotopic (exact) mass is 273 g/mol. The molecule has 4 heteroatoms. The fourth-order valence-electron chi connectivity index (χ4n) is 2.53. The van der Waals surface area contributed by atoms with Gasteiger partial charge in [0.2, 0.25) is 0 Å².